The maximum atomic E-state index is 12.2. The summed E-state index contributed by atoms with van der Waals surface area (Å²) < 4.78 is 0. The number of aryl methyl sites for hydroxylation is 2. The standard InChI is InChI=1S/C16H23N3O3/c1-11-5-4-6-18(9-11)10-16(20)17-14-7-12(2)13(3)8-15(14)19(21)22/h7-8,11H,4-6,9-10H2,1-3H3,(H,17,20)/p+1/t11-/m1/s1. The molecule has 1 heterocycles. The van der Waals surface area contributed by atoms with Crippen LogP contribution in [0.1, 0.15) is 30.9 Å². The van der Waals surface area contributed by atoms with Gasteiger partial charge in [-0.05, 0) is 43.9 Å². The number of nitro benzene ring substituents is 1. The first kappa shape index (κ1) is 16.4. The number of quaternary nitrogens is 1. The van der Waals surface area contributed by atoms with E-state index in [0.717, 1.165) is 30.6 Å². The summed E-state index contributed by atoms with van der Waals surface area (Å²) in [6.45, 7) is 8.26. The first-order valence-electron chi connectivity index (χ1n) is 7.76. The summed E-state index contributed by atoms with van der Waals surface area (Å²) in [7, 11) is 0. The number of carbonyl (C=O) groups is 1. The fraction of sp³-hybridized carbons (Fsp3) is 0.562. The second-order valence-electron chi connectivity index (χ2n) is 6.39. The van der Waals surface area contributed by atoms with Gasteiger partial charge in [0.05, 0.1) is 18.0 Å². The molecular weight excluding hydrogens is 282 g/mol. The first-order chi connectivity index (χ1) is 10.4. The van der Waals surface area contributed by atoms with E-state index in [0.29, 0.717) is 18.2 Å². The van der Waals surface area contributed by atoms with E-state index in [1.165, 1.54) is 17.4 Å². The molecule has 1 aromatic carbocycles. The smallest absolute Gasteiger partial charge is 0.293 e. The number of hydrogen-bond donors (Lipinski definition) is 2. The molecule has 1 amide bonds. The summed E-state index contributed by atoms with van der Waals surface area (Å²) in [5.74, 6) is 0.475. The largest absolute Gasteiger partial charge is 0.327 e. The molecule has 1 aliphatic rings. The van der Waals surface area contributed by atoms with Crippen LogP contribution in [0.5, 0.6) is 0 Å². The minimum Gasteiger partial charge on any atom is -0.327 e. The van der Waals surface area contributed by atoms with Crippen molar-refractivity contribution in [3.63, 3.8) is 0 Å². The molecule has 22 heavy (non-hydrogen) atoms. The highest BCUT2D eigenvalue weighted by Crippen LogP contribution is 2.27. The summed E-state index contributed by atoms with van der Waals surface area (Å²) in [6, 6.07) is 3.19. The first-order valence-corrected chi connectivity index (χ1v) is 7.76. The summed E-state index contributed by atoms with van der Waals surface area (Å²) in [4.78, 5) is 24.2. The van der Waals surface area contributed by atoms with E-state index < -0.39 is 4.92 Å². The number of hydrogen-bond acceptors (Lipinski definition) is 3. The highest BCUT2D eigenvalue weighted by atomic mass is 16.6. The number of carbonyl (C=O) groups excluding carboxylic acids is 1. The molecule has 0 bridgehead atoms. The fourth-order valence-corrected chi connectivity index (χ4v) is 3.03. The van der Waals surface area contributed by atoms with Crippen molar-refractivity contribution in [2.24, 2.45) is 5.92 Å². The Labute approximate surface area is 130 Å². The zero-order valence-corrected chi connectivity index (χ0v) is 13.4. The number of rotatable bonds is 4. The maximum Gasteiger partial charge on any atom is 0.293 e. The van der Waals surface area contributed by atoms with E-state index >= 15 is 0 Å². The van der Waals surface area contributed by atoms with Crippen LogP contribution in [0.4, 0.5) is 11.4 Å². The average molecular weight is 306 g/mol. The van der Waals surface area contributed by atoms with Crippen LogP contribution in [-0.4, -0.2) is 30.5 Å². The Morgan fingerprint density at radius 2 is 2.09 bits per heavy atom. The predicted molar refractivity (Wildman–Crippen MR) is 85.2 cm³/mol. The van der Waals surface area contributed by atoms with Crippen LogP contribution in [0, 0.1) is 29.9 Å². The van der Waals surface area contributed by atoms with Crippen LogP contribution in [-0.2, 0) is 4.79 Å². The molecule has 1 fully saturated rings. The summed E-state index contributed by atoms with van der Waals surface area (Å²) >= 11 is 0. The quantitative estimate of drug-likeness (QED) is 0.653. The highest BCUT2D eigenvalue weighted by Gasteiger charge is 2.24. The topological polar surface area (TPSA) is 76.7 Å². The molecule has 1 aliphatic heterocycles. The molecule has 0 spiro atoms. The molecule has 120 valence electrons. The van der Waals surface area contributed by atoms with Crippen molar-refractivity contribution < 1.29 is 14.6 Å². The number of nitrogens with one attached hydrogen (secondary N) is 2. The van der Waals surface area contributed by atoms with E-state index in [9.17, 15) is 14.9 Å². The normalized spacial score (nSPS) is 21.4. The number of likely N-dealkylation sites (tertiary alicyclic amines) is 1. The summed E-state index contributed by atoms with van der Waals surface area (Å²) in [5.41, 5.74) is 2.03. The molecule has 6 nitrogen and oxygen atoms in total. The van der Waals surface area contributed by atoms with Crippen molar-refractivity contribution >= 4 is 17.3 Å². The lowest BCUT2D eigenvalue weighted by Gasteiger charge is -2.27. The number of anilines is 1. The molecule has 1 aromatic rings. The van der Waals surface area contributed by atoms with Crippen LogP contribution in [0.25, 0.3) is 0 Å². The van der Waals surface area contributed by atoms with Gasteiger partial charge < -0.3 is 10.2 Å². The van der Waals surface area contributed by atoms with Gasteiger partial charge in [-0.15, -0.1) is 0 Å². The zero-order chi connectivity index (χ0) is 16.3. The van der Waals surface area contributed by atoms with E-state index in [1.54, 1.807) is 6.07 Å². The van der Waals surface area contributed by atoms with Gasteiger partial charge >= 0.3 is 0 Å². The van der Waals surface area contributed by atoms with Gasteiger partial charge in [0.1, 0.15) is 5.69 Å². The predicted octanol–water partition coefficient (Wildman–Crippen LogP) is 1.46. The number of nitro groups is 1. The number of benzene rings is 1. The van der Waals surface area contributed by atoms with Crippen LogP contribution < -0.4 is 10.2 Å². The van der Waals surface area contributed by atoms with E-state index in [4.69, 9.17) is 0 Å². The molecule has 2 rings (SSSR count). The van der Waals surface area contributed by atoms with Gasteiger partial charge in [-0.1, -0.05) is 6.92 Å². The lowest BCUT2D eigenvalue weighted by Crippen LogP contribution is -3.14. The molecule has 0 radical (unpaired) electrons. The summed E-state index contributed by atoms with van der Waals surface area (Å²) in [6.07, 6.45) is 2.35. The van der Waals surface area contributed by atoms with Gasteiger partial charge in [0, 0.05) is 12.0 Å². The minimum absolute atomic E-state index is 0.0431. The lowest BCUT2D eigenvalue weighted by atomic mass is 10.0. The van der Waals surface area contributed by atoms with Crippen molar-refractivity contribution in [3.8, 4) is 0 Å². The van der Waals surface area contributed by atoms with E-state index in [1.807, 2.05) is 13.8 Å². The van der Waals surface area contributed by atoms with Crippen molar-refractivity contribution in [3.05, 3.63) is 33.4 Å². The molecule has 0 saturated carbocycles. The molecular formula is C16H24N3O3+. The second kappa shape index (κ2) is 6.87. The van der Waals surface area contributed by atoms with Gasteiger partial charge in [0.15, 0.2) is 6.54 Å². The van der Waals surface area contributed by atoms with Crippen LogP contribution in [0.15, 0.2) is 12.1 Å². The Morgan fingerprint density at radius 1 is 1.41 bits per heavy atom. The lowest BCUT2D eigenvalue weighted by molar-refractivity contribution is -0.900. The minimum atomic E-state index is -0.447. The van der Waals surface area contributed by atoms with Crippen molar-refractivity contribution in [1.29, 1.82) is 0 Å². The maximum absolute atomic E-state index is 12.2. The average Bonchev–Trinajstić information content (AvgIpc) is 2.42. The molecule has 1 unspecified atom stereocenters. The van der Waals surface area contributed by atoms with Gasteiger partial charge in [-0.3, -0.25) is 14.9 Å². The second-order valence-corrected chi connectivity index (χ2v) is 6.39. The fourth-order valence-electron chi connectivity index (χ4n) is 3.03. The molecule has 0 aliphatic carbocycles. The van der Waals surface area contributed by atoms with Gasteiger partial charge in [0.25, 0.3) is 11.6 Å². The highest BCUT2D eigenvalue weighted by molar-refractivity contribution is 5.94. The van der Waals surface area contributed by atoms with Gasteiger partial charge in [-0.25, -0.2) is 0 Å². The van der Waals surface area contributed by atoms with Gasteiger partial charge in [-0.2, -0.15) is 0 Å². The molecule has 1 saturated heterocycles. The third-order valence-corrected chi connectivity index (χ3v) is 4.36. The van der Waals surface area contributed by atoms with Crippen molar-refractivity contribution in [1.82, 2.24) is 0 Å². The SMILES string of the molecule is Cc1cc(NC(=O)C[NH+]2CCC[C@@H](C)C2)c([N+](=O)[O-])cc1C. The Balaban J connectivity index is 2.07. The molecule has 2 N–H and O–H groups in total. The number of nitrogens with zero attached hydrogens (tertiary/aromatic N) is 1. The Kier molecular flexibility index (Phi) is 5.13. The van der Waals surface area contributed by atoms with E-state index in [2.05, 4.69) is 12.2 Å². The van der Waals surface area contributed by atoms with E-state index in [-0.39, 0.29) is 11.6 Å². The Bertz CT molecular complexity index is 586. The molecule has 6 heteroatoms. The molecule has 0 aromatic heterocycles. The Hall–Kier alpha value is -1.95. The number of amides is 1. The van der Waals surface area contributed by atoms with Crippen LogP contribution >= 0.6 is 0 Å². The third kappa shape index (κ3) is 4.04. The van der Waals surface area contributed by atoms with Crippen molar-refractivity contribution in [2.75, 3.05) is 25.0 Å². The van der Waals surface area contributed by atoms with Crippen molar-refractivity contribution in [2.45, 2.75) is 33.6 Å². The Morgan fingerprint density at radius 3 is 2.73 bits per heavy atom. The zero-order valence-electron chi connectivity index (χ0n) is 13.4. The molecule has 2 atom stereocenters. The van der Waals surface area contributed by atoms with Gasteiger partial charge in [0.2, 0.25) is 0 Å². The number of piperidine rings is 1. The summed E-state index contributed by atoms with van der Waals surface area (Å²) in [5, 5.41) is 13.9. The monoisotopic (exact) mass is 306 g/mol. The van der Waals surface area contributed by atoms with Crippen LogP contribution in [0.3, 0.4) is 0 Å². The van der Waals surface area contributed by atoms with Crippen LogP contribution in [0.2, 0.25) is 0 Å². The third-order valence-electron chi connectivity index (χ3n) is 4.36.